The second-order valence-corrected chi connectivity index (χ2v) is 11.0. The molecule has 0 aromatic carbocycles. The van der Waals surface area contributed by atoms with E-state index in [2.05, 4.69) is 39.7 Å². The summed E-state index contributed by atoms with van der Waals surface area (Å²) in [5.74, 6) is -1.42. The van der Waals surface area contributed by atoms with Crippen molar-refractivity contribution >= 4 is 66.1 Å². The van der Waals surface area contributed by atoms with Crippen LogP contribution < -0.4 is 0 Å². The SMILES string of the molecule is O=C(CBr)C(=O)CSc1ncnc2c1ncn2[C@@H]1O[C@H](COP(=O)(O)OP(=O)(O)O)[C@@H](O)[C@H]1O. The lowest BCUT2D eigenvalue weighted by Gasteiger charge is -2.17. The standard InChI is InChI=1S/C14H17BrN4O12P2S/c15-1-6(20)7(21)3-34-13-9-12(16-4-17-13)19(5-18-9)14-11(23)10(22)8(30-14)2-29-33(27,28)31-32(24,25)26/h4-5,8,10-11,14,22-23H,1-3H2,(H,27,28)(H2,24,25,26)/t8-,10-,11-,14-/m1/s1. The first kappa shape index (κ1) is 27.4. The van der Waals surface area contributed by atoms with Crippen molar-refractivity contribution in [3.05, 3.63) is 12.7 Å². The molecular weight excluding hydrogens is 590 g/mol. The van der Waals surface area contributed by atoms with Crippen molar-refractivity contribution in [1.82, 2.24) is 19.5 Å². The molecule has 1 aliphatic heterocycles. The van der Waals surface area contributed by atoms with Gasteiger partial charge in [-0.25, -0.2) is 24.1 Å². The maximum atomic E-state index is 11.8. The Labute approximate surface area is 202 Å². The first-order valence-corrected chi connectivity index (χ1v) is 14.1. The number of carbonyl (C=O) groups excluding carboxylic acids is 2. The number of rotatable bonds is 11. The highest BCUT2D eigenvalue weighted by atomic mass is 79.9. The molecule has 0 saturated carbocycles. The number of Topliss-reactive ketones (excluding diaryl/α,β-unsaturated/α-hetero) is 2. The molecule has 0 spiro atoms. The molecule has 0 bridgehead atoms. The van der Waals surface area contributed by atoms with Crippen LogP contribution in [0.2, 0.25) is 0 Å². The summed E-state index contributed by atoms with van der Waals surface area (Å²) in [6.07, 6.45) is -3.55. The molecule has 34 heavy (non-hydrogen) atoms. The van der Waals surface area contributed by atoms with Crippen LogP contribution in [0.4, 0.5) is 0 Å². The van der Waals surface area contributed by atoms with Crippen molar-refractivity contribution in [3.8, 4) is 0 Å². The quantitative estimate of drug-likeness (QED) is 0.0697. The average Bonchev–Trinajstić information content (AvgIpc) is 3.30. The number of ketones is 2. The number of fused-ring (bicyclic) bond motifs is 1. The Morgan fingerprint density at radius 1 is 1.15 bits per heavy atom. The molecule has 16 nitrogen and oxygen atoms in total. The van der Waals surface area contributed by atoms with Crippen LogP contribution in [0.3, 0.4) is 0 Å². The van der Waals surface area contributed by atoms with Gasteiger partial charge in [0.15, 0.2) is 11.9 Å². The monoisotopic (exact) mass is 606 g/mol. The van der Waals surface area contributed by atoms with Crippen molar-refractivity contribution in [1.29, 1.82) is 0 Å². The third-order valence-electron chi connectivity index (χ3n) is 4.32. The second kappa shape index (κ2) is 10.9. The molecule has 5 atom stereocenters. The predicted molar refractivity (Wildman–Crippen MR) is 115 cm³/mol. The fourth-order valence-electron chi connectivity index (χ4n) is 2.83. The molecule has 3 heterocycles. The number of phosphoric acid groups is 2. The van der Waals surface area contributed by atoms with E-state index in [-0.39, 0.29) is 27.3 Å². The molecule has 0 amide bonds. The Balaban J connectivity index is 1.74. The highest BCUT2D eigenvalue weighted by molar-refractivity contribution is 9.09. The minimum Gasteiger partial charge on any atom is -0.387 e. The number of halogens is 1. The summed E-state index contributed by atoms with van der Waals surface area (Å²) >= 11 is 3.86. The van der Waals surface area contributed by atoms with Crippen LogP contribution in [-0.2, 0) is 32.3 Å². The minimum atomic E-state index is -5.34. The summed E-state index contributed by atoms with van der Waals surface area (Å²) in [7, 11) is -10.5. The number of aliphatic hydroxyl groups is 2. The Kier molecular flexibility index (Phi) is 8.77. The summed E-state index contributed by atoms with van der Waals surface area (Å²) in [5, 5.41) is 20.8. The van der Waals surface area contributed by atoms with Crippen LogP contribution in [-0.4, -0.2) is 92.0 Å². The summed E-state index contributed by atoms with van der Waals surface area (Å²) < 4.78 is 37.2. The smallest absolute Gasteiger partial charge is 0.387 e. The minimum absolute atomic E-state index is 0.110. The van der Waals surface area contributed by atoms with Crippen molar-refractivity contribution in [3.63, 3.8) is 0 Å². The molecule has 3 rings (SSSR count). The molecule has 2 aromatic rings. The van der Waals surface area contributed by atoms with Gasteiger partial charge >= 0.3 is 15.6 Å². The van der Waals surface area contributed by atoms with Crippen molar-refractivity contribution < 1.29 is 57.2 Å². The first-order valence-electron chi connectivity index (χ1n) is 9.01. The number of nitrogens with zero attached hydrogens (tertiary/aromatic N) is 4. The van der Waals surface area contributed by atoms with Crippen molar-refractivity contribution in [2.75, 3.05) is 17.7 Å². The number of phosphoric ester groups is 1. The van der Waals surface area contributed by atoms with Gasteiger partial charge < -0.3 is 29.6 Å². The molecule has 188 valence electrons. The Hall–Kier alpha value is -1.14. The van der Waals surface area contributed by atoms with E-state index in [1.165, 1.54) is 10.9 Å². The van der Waals surface area contributed by atoms with Crippen LogP contribution in [0.1, 0.15) is 6.23 Å². The van der Waals surface area contributed by atoms with Gasteiger partial charge in [-0.15, -0.1) is 0 Å². The predicted octanol–water partition coefficient (Wildman–Crippen LogP) is -0.703. The maximum Gasteiger partial charge on any atom is 0.481 e. The highest BCUT2D eigenvalue weighted by Gasteiger charge is 2.46. The lowest BCUT2D eigenvalue weighted by atomic mass is 10.1. The fourth-order valence-corrected chi connectivity index (χ4v) is 5.58. The molecule has 2 aromatic heterocycles. The summed E-state index contributed by atoms with van der Waals surface area (Å²) in [6.45, 7) is -0.866. The van der Waals surface area contributed by atoms with Gasteiger partial charge in [-0.1, -0.05) is 27.7 Å². The molecule has 0 radical (unpaired) electrons. The second-order valence-electron chi connectivity index (χ2n) is 6.65. The van der Waals surface area contributed by atoms with Crippen LogP contribution in [0.25, 0.3) is 11.2 Å². The van der Waals surface area contributed by atoms with E-state index in [4.69, 9.17) is 14.5 Å². The third kappa shape index (κ3) is 6.54. The normalized spacial score (nSPS) is 24.9. The molecular formula is C14H17BrN4O12P2S. The van der Waals surface area contributed by atoms with Gasteiger partial charge in [0.25, 0.3) is 0 Å². The van der Waals surface area contributed by atoms with Crippen LogP contribution in [0, 0.1) is 0 Å². The largest absolute Gasteiger partial charge is 0.481 e. The zero-order chi connectivity index (χ0) is 25.3. The number of aromatic nitrogens is 4. The van der Waals surface area contributed by atoms with Gasteiger partial charge in [0.05, 0.1) is 24.0 Å². The number of thioether (sulfide) groups is 1. The van der Waals surface area contributed by atoms with Gasteiger partial charge in [0, 0.05) is 0 Å². The van der Waals surface area contributed by atoms with Crippen molar-refractivity contribution in [2.45, 2.75) is 29.6 Å². The topological polar surface area (TPSA) is 241 Å². The molecule has 1 saturated heterocycles. The number of ether oxygens (including phenoxy) is 1. The zero-order valence-corrected chi connectivity index (χ0v) is 20.8. The summed E-state index contributed by atoms with van der Waals surface area (Å²) in [5.41, 5.74) is 0.360. The summed E-state index contributed by atoms with van der Waals surface area (Å²) in [4.78, 5) is 62.0. The van der Waals surface area contributed by atoms with Gasteiger partial charge in [-0.05, 0) is 0 Å². The van der Waals surface area contributed by atoms with E-state index in [9.17, 15) is 33.8 Å². The van der Waals surface area contributed by atoms with E-state index in [1.54, 1.807) is 0 Å². The van der Waals surface area contributed by atoms with Gasteiger partial charge in [-0.3, -0.25) is 18.7 Å². The molecule has 0 aliphatic carbocycles. The van der Waals surface area contributed by atoms with Crippen LogP contribution in [0.15, 0.2) is 17.7 Å². The van der Waals surface area contributed by atoms with E-state index in [1.807, 2.05) is 0 Å². The molecule has 1 unspecified atom stereocenters. The zero-order valence-electron chi connectivity index (χ0n) is 16.6. The first-order chi connectivity index (χ1) is 15.8. The lowest BCUT2D eigenvalue weighted by molar-refractivity contribution is -0.133. The Morgan fingerprint density at radius 2 is 1.85 bits per heavy atom. The number of imidazole rings is 1. The van der Waals surface area contributed by atoms with E-state index in [0.717, 1.165) is 18.1 Å². The average molecular weight is 607 g/mol. The van der Waals surface area contributed by atoms with Crippen molar-refractivity contribution in [2.24, 2.45) is 0 Å². The number of carbonyl (C=O) groups is 2. The lowest BCUT2D eigenvalue weighted by Crippen LogP contribution is -2.33. The fraction of sp³-hybridized carbons (Fsp3) is 0.500. The summed E-state index contributed by atoms with van der Waals surface area (Å²) in [6, 6.07) is 0. The third-order valence-corrected chi connectivity index (χ3v) is 7.96. The number of aliphatic hydroxyl groups excluding tert-OH is 2. The Morgan fingerprint density at radius 3 is 2.50 bits per heavy atom. The molecule has 1 aliphatic rings. The van der Waals surface area contributed by atoms with Gasteiger partial charge in [0.2, 0.25) is 11.6 Å². The molecule has 5 N–H and O–H groups in total. The molecule has 1 fully saturated rings. The highest BCUT2D eigenvalue weighted by Crippen LogP contribution is 2.57. The number of hydrogen-bond donors (Lipinski definition) is 5. The van der Waals surface area contributed by atoms with E-state index >= 15 is 0 Å². The van der Waals surface area contributed by atoms with Crippen LogP contribution in [0.5, 0.6) is 0 Å². The molecule has 20 heteroatoms. The Bertz CT molecular complexity index is 1180. The number of hydrogen-bond acceptors (Lipinski definition) is 13. The van der Waals surface area contributed by atoms with Crippen LogP contribution >= 0.6 is 43.3 Å². The maximum absolute atomic E-state index is 11.8. The van der Waals surface area contributed by atoms with E-state index in [0.29, 0.717) is 0 Å². The van der Waals surface area contributed by atoms with E-state index < -0.39 is 58.4 Å². The van der Waals surface area contributed by atoms with Gasteiger partial charge in [-0.2, -0.15) is 4.31 Å². The number of alkyl halides is 1. The van der Waals surface area contributed by atoms with Gasteiger partial charge in [0.1, 0.15) is 35.2 Å².